The van der Waals surface area contributed by atoms with Gasteiger partial charge in [-0.3, -0.25) is 0 Å². The van der Waals surface area contributed by atoms with Crippen molar-refractivity contribution >= 4 is 33.4 Å². The molecule has 0 saturated carbocycles. The molecule has 0 heteroatoms. The topological polar surface area (TPSA) is 0 Å². The van der Waals surface area contributed by atoms with E-state index in [4.69, 9.17) is 0 Å². The van der Waals surface area contributed by atoms with E-state index >= 15 is 0 Å². The number of allylic oxidation sites excluding steroid dienone is 30. The van der Waals surface area contributed by atoms with Crippen molar-refractivity contribution in [3.8, 4) is 11.1 Å². The Labute approximate surface area is 534 Å². The van der Waals surface area contributed by atoms with E-state index in [1.165, 1.54) is 139 Å². The van der Waals surface area contributed by atoms with Gasteiger partial charge in [-0.2, -0.15) is 0 Å². The maximum atomic E-state index is 2.78. The van der Waals surface area contributed by atoms with Crippen LogP contribution in [-0.2, 0) is 16.2 Å². The first-order chi connectivity index (χ1) is 43.7. The molecule has 0 radical (unpaired) electrons. The molecule has 0 fully saturated rings. The maximum Gasteiger partial charge on any atom is 0.0159 e. The summed E-state index contributed by atoms with van der Waals surface area (Å²) in [5.41, 5.74) is 43.9. The smallest absolute Gasteiger partial charge is 0.0159 e. The molecule has 0 aromatic heterocycles. The van der Waals surface area contributed by atoms with Gasteiger partial charge in [0.25, 0.3) is 0 Å². The van der Waals surface area contributed by atoms with E-state index < -0.39 is 0 Å². The Bertz CT molecular complexity index is 4800. The number of benzene rings is 6. The van der Waals surface area contributed by atoms with Crippen LogP contribution in [0.2, 0.25) is 0 Å². The Hall–Kier alpha value is -8.58. The van der Waals surface area contributed by atoms with Crippen LogP contribution in [0.25, 0.3) is 44.6 Å². The monoisotopic (exact) mass is 1160 g/mol. The number of fused-ring (bicyclic) bond motifs is 15. The van der Waals surface area contributed by atoms with Crippen LogP contribution in [0.1, 0.15) is 173 Å². The Morgan fingerprint density at radius 3 is 1.62 bits per heavy atom. The van der Waals surface area contributed by atoms with Crippen LogP contribution in [0.5, 0.6) is 0 Å². The summed E-state index contributed by atoms with van der Waals surface area (Å²) in [4.78, 5) is 0. The molecule has 0 N–H and O–H groups in total. The van der Waals surface area contributed by atoms with Crippen molar-refractivity contribution in [2.24, 2.45) is 29.6 Å². The first-order valence-corrected chi connectivity index (χ1v) is 33.9. The van der Waals surface area contributed by atoms with Crippen LogP contribution < -0.4 is 0 Å². The third-order valence-electron chi connectivity index (χ3n) is 24.6. The quantitative estimate of drug-likeness (QED) is 0.161. The molecule has 7 unspecified atom stereocenters. The first kappa shape index (κ1) is 54.4. The molecule has 440 valence electrons. The largest absolute Gasteiger partial charge is 0.0833 e. The fourth-order valence-corrected chi connectivity index (χ4v) is 20.3. The minimum atomic E-state index is -0.0702. The van der Waals surface area contributed by atoms with Crippen LogP contribution in [0.15, 0.2) is 274 Å². The number of rotatable bonds is 5. The van der Waals surface area contributed by atoms with Gasteiger partial charge in [0, 0.05) is 57.7 Å². The second-order valence-electron chi connectivity index (χ2n) is 29.9. The van der Waals surface area contributed by atoms with Gasteiger partial charge >= 0.3 is 0 Å². The van der Waals surface area contributed by atoms with E-state index in [1.807, 2.05) is 0 Å². The zero-order valence-electron chi connectivity index (χ0n) is 53.9. The molecule has 6 aromatic carbocycles. The third-order valence-corrected chi connectivity index (χ3v) is 24.6. The molecule has 0 spiro atoms. The second-order valence-corrected chi connectivity index (χ2v) is 29.9. The lowest BCUT2D eigenvalue weighted by Crippen LogP contribution is -2.29. The van der Waals surface area contributed by atoms with Crippen LogP contribution in [0.3, 0.4) is 0 Å². The lowest BCUT2D eigenvalue weighted by atomic mass is 9.61. The highest BCUT2D eigenvalue weighted by atomic mass is 14.5. The molecular formula is C90H80. The van der Waals surface area contributed by atoms with Crippen LogP contribution in [-0.4, -0.2) is 0 Å². The molecule has 7 atom stereocenters. The Morgan fingerprint density at radius 1 is 0.389 bits per heavy atom. The van der Waals surface area contributed by atoms with E-state index in [-0.39, 0.29) is 57.7 Å². The summed E-state index contributed by atoms with van der Waals surface area (Å²) in [6.45, 7) is 22.1. The molecule has 6 aromatic rings. The van der Waals surface area contributed by atoms with Gasteiger partial charge in [-0.05, 0) is 226 Å². The van der Waals surface area contributed by atoms with Crippen molar-refractivity contribution in [3.05, 3.63) is 341 Å². The van der Waals surface area contributed by atoms with Crippen molar-refractivity contribution in [2.75, 3.05) is 0 Å². The molecule has 0 amide bonds. The molecule has 18 rings (SSSR count). The Kier molecular flexibility index (Phi) is 11.8. The molecule has 0 aliphatic heterocycles. The number of hydrogen-bond donors (Lipinski definition) is 0. The summed E-state index contributed by atoms with van der Waals surface area (Å²) < 4.78 is 0. The predicted octanol–water partition coefficient (Wildman–Crippen LogP) is 22.8. The predicted molar refractivity (Wildman–Crippen MR) is 378 cm³/mol. The molecule has 0 nitrogen and oxygen atoms in total. The van der Waals surface area contributed by atoms with Crippen LogP contribution in [0, 0.1) is 29.6 Å². The van der Waals surface area contributed by atoms with Crippen molar-refractivity contribution in [2.45, 2.75) is 122 Å². The molecule has 0 saturated heterocycles. The summed E-state index contributed by atoms with van der Waals surface area (Å²) in [5.74, 6) is 1.67. The van der Waals surface area contributed by atoms with Gasteiger partial charge in [-0.15, -0.1) is 0 Å². The zero-order chi connectivity index (χ0) is 60.9. The highest BCUT2D eigenvalue weighted by Crippen LogP contribution is 2.61. The lowest BCUT2D eigenvalue weighted by Gasteiger charge is -2.43. The summed E-state index contributed by atoms with van der Waals surface area (Å²) in [5, 5.41) is 0. The highest BCUT2D eigenvalue weighted by molar-refractivity contribution is 5.94. The summed E-state index contributed by atoms with van der Waals surface area (Å²) in [6, 6.07) is 51.8. The molecule has 90 heavy (non-hydrogen) atoms. The molecule has 12 aliphatic rings. The zero-order valence-corrected chi connectivity index (χ0v) is 53.9. The average molecular weight is 1160 g/mol. The Morgan fingerprint density at radius 2 is 0.933 bits per heavy atom. The van der Waals surface area contributed by atoms with Gasteiger partial charge in [0.05, 0.1) is 0 Å². The highest BCUT2D eigenvalue weighted by Gasteiger charge is 2.46. The molecular weight excluding hydrogens is 1080 g/mol. The molecule has 0 bridgehead atoms. The van der Waals surface area contributed by atoms with E-state index in [2.05, 4.69) is 281 Å². The SMILES string of the molecule is CC1=C(c2ccc3c(c2)C(C)(C)c2ccccc2-3)C2C=CC=CC2C2=C1C(C1=CC3c4cccc(C5=CC6c7ccccc7C(C)=C(C7=CC8=C(CC7)c7ccccc7C8(C)C)C6C=C5)c4C(C)=C(C4=CC5=C(CC4)c4ccccc4C5(C)C)C3C=C1)CC=C2. The fourth-order valence-electron chi connectivity index (χ4n) is 20.3. The molecule has 0 heterocycles. The molecule has 12 aliphatic carbocycles. The Balaban J connectivity index is 0.772. The summed E-state index contributed by atoms with van der Waals surface area (Å²) in [7, 11) is 0. The summed E-state index contributed by atoms with van der Waals surface area (Å²) >= 11 is 0. The second kappa shape index (κ2) is 19.5. The fraction of sp³-hybridized carbons (Fsp3) is 0.267. The van der Waals surface area contributed by atoms with Crippen LogP contribution >= 0.6 is 0 Å². The van der Waals surface area contributed by atoms with Gasteiger partial charge in [0.1, 0.15) is 0 Å². The summed E-state index contributed by atoms with van der Waals surface area (Å²) in [6.07, 6.45) is 41.1. The van der Waals surface area contributed by atoms with E-state index in [0.717, 1.165) is 32.1 Å². The van der Waals surface area contributed by atoms with Crippen molar-refractivity contribution in [1.29, 1.82) is 0 Å². The van der Waals surface area contributed by atoms with Crippen molar-refractivity contribution in [3.63, 3.8) is 0 Å². The van der Waals surface area contributed by atoms with E-state index in [9.17, 15) is 0 Å². The van der Waals surface area contributed by atoms with Gasteiger partial charge in [-0.1, -0.05) is 254 Å². The minimum absolute atomic E-state index is 0.0233. The van der Waals surface area contributed by atoms with Crippen molar-refractivity contribution < 1.29 is 0 Å². The van der Waals surface area contributed by atoms with E-state index in [1.54, 1.807) is 27.9 Å². The van der Waals surface area contributed by atoms with Crippen LogP contribution in [0.4, 0.5) is 0 Å². The number of hydrogen-bond acceptors (Lipinski definition) is 0. The normalized spacial score (nSPS) is 26.9. The van der Waals surface area contributed by atoms with E-state index in [0.29, 0.717) is 0 Å². The van der Waals surface area contributed by atoms with Gasteiger partial charge in [0.2, 0.25) is 0 Å². The maximum absolute atomic E-state index is 2.78. The lowest BCUT2D eigenvalue weighted by molar-refractivity contribution is 0.589. The average Bonchev–Trinajstić information content (AvgIpc) is 0.899. The minimum Gasteiger partial charge on any atom is -0.0833 e. The van der Waals surface area contributed by atoms with Crippen molar-refractivity contribution in [1.82, 2.24) is 0 Å². The van der Waals surface area contributed by atoms with Gasteiger partial charge < -0.3 is 0 Å². The third kappa shape index (κ3) is 7.49. The first-order valence-electron chi connectivity index (χ1n) is 33.9. The van der Waals surface area contributed by atoms with Gasteiger partial charge in [-0.25, -0.2) is 0 Å². The van der Waals surface area contributed by atoms with Gasteiger partial charge in [0.15, 0.2) is 0 Å². The standard InChI is InChI=1S/C90H80/c1-51-59-22-10-11-23-62(59)75-46-54(36-44-73(75)83(51)56-38-41-67-64-25-14-17-33-77(64)88(4,5)80(67)48-56)61-30-21-32-72-76-47-55(37-45-74(76)85(53(3)87(61)72)58-40-43-69-66-27-16-19-35-79(66)90(8,9)82(69)50-58)60-29-20-31-71-63-24-12-13-28-70(63)84(52(2)86(60)71)57-39-42-68-65-26-15-18-34-78(65)89(6,7)81(68)49-57/h10-28,30-37,39,42,44-50,60,63,70,73-76H,29,38,40-41,43H2,1-9H3.